The third-order valence-corrected chi connectivity index (χ3v) is 5.69. The van der Waals surface area contributed by atoms with Gasteiger partial charge in [-0.25, -0.2) is 6.57 Å². The van der Waals surface area contributed by atoms with Crippen molar-refractivity contribution in [1.29, 1.82) is 0 Å². The van der Waals surface area contributed by atoms with Crippen LogP contribution in [-0.4, -0.2) is 27.0 Å². The van der Waals surface area contributed by atoms with Gasteiger partial charge in [-0.3, -0.25) is 9.48 Å². The summed E-state index contributed by atoms with van der Waals surface area (Å²) in [5.41, 5.74) is 5.94. The smallest absolute Gasteiger partial charge is 0.338 e. The summed E-state index contributed by atoms with van der Waals surface area (Å²) >= 11 is 0. The van der Waals surface area contributed by atoms with E-state index >= 15 is 0 Å². The van der Waals surface area contributed by atoms with Crippen LogP contribution in [0.3, 0.4) is 0 Å². The van der Waals surface area contributed by atoms with Crippen molar-refractivity contribution in [3.8, 4) is 0 Å². The maximum absolute atomic E-state index is 12.8. The molecule has 0 aliphatic heterocycles. The topological polar surface area (TPSA) is 93.1 Å². The Morgan fingerprint density at radius 2 is 1.94 bits per heavy atom. The van der Waals surface area contributed by atoms with Crippen molar-refractivity contribution < 1.29 is 13.2 Å². The Hall–Kier alpha value is -3.32. The van der Waals surface area contributed by atoms with Gasteiger partial charge in [0.2, 0.25) is 6.04 Å². The van der Waals surface area contributed by atoms with Crippen LogP contribution in [0.25, 0.3) is 15.7 Å². The van der Waals surface area contributed by atoms with Crippen LogP contribution in [-0.2, 0) is 0 Å². The lowest BCUT2D eigenvalue weighted by Gasteiger charge is -2.24. The second-order valence-corrected chi connectivity index (χ2v) is 7.67. The molecule has 10 heteroatoms. The van der Waals surface area contributed by atoms with Crippen LogP contribution in [0.5, 0.6) is 0 Å². The summed E-state index contributed by atoms with van der Waals surface area (Å²) in [6.07, 6.45) is 0.542. The van der Waals surface area contributed by atoms with Crippen molar-refractivity contribution in [2.45, 2.75) is 50.0 Å². The Morgan fingerprint density at radius 3 is 2.61 bits per heavy atom. The highest BCUT2D eigenvalue weighted by atomic mass is 19.4. The molecule has 162 valence electrons. The number of fused-ring (bicyclic) bond motifs is 1. The summed E-state index contributed by atoms with van der Waals surface area (Å²) in [6.45, 7) is 7.52. The molecule has 1 saturated carbocycles. The number of nitrogens with zero attached hydrogens (tertiary/aromatic N) is 3. The fraction of sp³-hybridized carbons (Fsp3) is 0.381. The predicted octanol–water partition coefficient (Wildman–Crippen LogP) is 4.43. The molecule has 0 bridgehead atoms. The molecule has 7 nitrogen and oxygen atoms in total. The summed E-state index contributed by atoms with van der Waals surface area (Å²) < 4.78 is 40.2. The maximum atomic E-state index is 12.8. The first kappa shape index (κ1) is 20.9. The molecule has 4 rings (SSSR count). The van der Waals surface area contributed by atoms with E-state index in [-0.39, 0.29) is 23.2 Å². The zero-order chi connectivity index (χ0) is 22.2. The van der Waals surface area contributed by atoms with E-state index in [0.29, 0.717) is 22.4 Å². The van der Waals surface area contributed by atoms with Gasteiger partial charge in [0.1, 0.15) is 17.5 Å². The molecule has 4 N–H and O–H groups in total. The quantitative estimate of drug-likeness (QED) is 0.534. The Balaban J connectivity index is 1.70. The number of rotatable bonds is 4. The van der Waals surface area contributed by atoms with E-state index in [9.17, 15) is 18.0 Å². The number of nitrogens with two attached hydrogens (primary N) is 1. The van der Waals surface area contributed by atoms with Crippen molar-refractivity contribution in [1.82, 2.24) is 14.8 Å². The third kappa shape index (κ3) is 4.01. The molecule has 0 unspecified atom stereocenters. The number of hydrogen-bond donors (Lipinski definition) is 3. The first-order chi connectivity index (χ1) is 14.8. The van der Waals surface area contributed by atoms with E-state index < -0.39 is 12.2 Å². The van der Waals surface area contributed by atoms with Crippen molar-refractivity contribution in [2.75, 3.05) is 5.32 Å². The standard InChI is InChI=1S/C21H21F3N6O/c1-26-14-4-2-3-5-15(14)30-16-10-11-27-20(31)17(16)19(29-30)28-13-8-6-12(7-9-13)18(25)21(22,23)24/h6-11,14-15,18H,2-5,25H2,(H,27,31)(H,28,29)/t14-,15-,18-/m0/s1. The molecule has 3 atom stereocenters. The molecule has 0 spiro atoms. The molecule has 0 amide bonds. The van der Waals surface area contributed by atoms with Gasteiger partial charge < -0.3 is 20.9 Å². The predicted molar refractivity (Wildman–Crippen MR) is 111 cm³/mol. The van der Waals surface area contributed by atoms with Gasteiger partial charge in [-0.1, -0.05) is 18.6 Å². The number of H-pyrrole nitrogens is 1. The van der Waals surface area contributed by atoms with Crippen LogP contribution in [0.1, 0.15) is 43.3 Å². The van der Waals surface area contributed by atoms with Crippen LogP contribution >= 0.6 is 0 Å². The number of aromatic nitrogens is 3. The number of aromatic amines is 1. The van der Waals surface area contributed by atoms with Gasteiger partial charge in [0.25, 0.3) is 5.56 Å². The minimum absolute atomic E-state index is 0.0617. The van der Waals surface area contributed by atoms with Crippen LogP contribution < -0.4 is 16.6 Å². The summed E-state index contributed by atoms with van der Waals surface area (Å²) in [4.78, 5) is 18.9. The van der Waals surface area contributed by atoms with Gasteiger partial charge in [0, 0.05) is 18.3 Å². The highest BCUT2D eigenvalue weighted by molar-refractivity contribution is 5.91. The SMILES string of the molecule is [C-]#[N+][C@H]1CCCC[C@@H]1n1nc(Nc2ccc([C@H](N)C(F)(F)F)cc2)c2c(=O)[nH]ccc21. The van der Waals surface area contributed by atoms with E-state index in [0.717, 1.165) is 25.7 Å². The summed E-state index contributed by atoms with van der Waals surface area (Å²) in [6, 6.07) is 4.83. The Bertz CT molecular complexity index is 1180. The van der Waals surface area contributed by atoms with Crippen molar-refractivity contribution >= 4 is 22.4 Å². The second-order valence-electron chi connectivity index (χ2n) is 7.67. The highest BCUT2D eigenvalue weighted by Crippen LogP contribution is 2.35. The van der Waals surface area contributed by atoms with E-state index in [1.54, 1.807) is 10.7 Å². The molecule has 2 heterocycles. The molecule has 1 fully saturated rings. The van der Waals surface area contributed by atoms with Gasteiger partial charge in [0.05, 0.1) is 5.52 Å². The highest BCUT2D eigenvalue weighted by Gasteiger charge is 2.38. The first-order valence-corrected chi connectivity index (χ1v) is 9.95. The lowest BCUT2D eigenvalue weighted by atomic mass is 9.91. The van der Waals surface area contributed by atoms with E-state index in [2.05, 4.69) is 20.2 Å². The van der Waals surface area contributed by atoms with Crippen molar-refractivity contribution in [3.05, 3.63) is 63.9 Å². The second kappa shape index (κ2) is 8.07. The Morgan fingerprint density at radius 1 is 1.23 bits per heavy atom. The molecule has 0 saturated heterocycles. The minimum atomic E-state index is -4.53. The minimum Gasteiger partial charge on any atom is -0.338 e. The number of pyridine rings is 1. The number of anilines is 2. The van der Waals surface area contributed by atoms with Crippen LogP contribution in [0, 0.1) is 6.57 Å². The van der Waals surface area contributed by atoms with E-state index in [1.807, 2.05) is 0 Å². The van der Waals surface area contributed by atoms with Crippen molar-refractivity contribution in [2.24, 2.45) is 5.73 Å². The molecular formula is C21H21F3N6O. The van der Waals surface area contributed by atoms with Gasteiger partial charge >= 0.3 is 6.18 Å². The van der Waals surface area contributed by atoms with Gasteiger partial charge in [-0.2, -0.15) is 18.3 Å². The molecule has 3 aromatic rings. The zero-order valence-corrected chi connectivity index (χ0v) is 16.5. The molecule has 1 aromatic carbocycles. The van der Waals surface area contributed by atoms with E-state index in [4.69, 9.17) is 12.3 Å². The van der Waals surface area contributed by atoms with Crippen LogP contribution in [0.4, 0.5) is 24.7 Å². The van der Waals surface area contributed by atoms with Crippen molar-refractivity contribution in [3.63, 3.8) is 0 Å². The van der Waals surface area contributed by atoms with Crippen LogP contribution in [0.2, 0.25) is 0 Å². The molecular weight excluding hydrogens is 409 g/mol. The fourth-order valence-corrected chi connectivity index (χ4v) is 4.07. The van der Waals surface area contributed by atoms with Gasteiger partial charge in [-0.05, 0) is 36.6 Å². The van der Waals surface area contributed by atoms with Gasteiger partial charge in [-0.15, -0.1) is 0 Å². The molecule has 31 heavy (non-hydrogen) atoms. The van der Waals surface area contributed by atoms with Gasteiger partial charge in [0.15, 0.2) is 5.82 Å². The van der Waals surface area contributed by atoms with E-state index in [1.165, 1.54) is 30.5 Å². The maximum Gasteiger partial charge on any atom is 0.407 e. The zero-order valence-electron chi connectivity index (χ0n) is 16.5. The number of halogens is 3. The third-order valence-electron chi connectivity index (χ3n) is 5.69. The normalized spacial score (nSPS) is 20.4. The fourth-order valence-electron chi connectivity index (χ4n) is 4.07. The number of alkyl halides is 3. The average molecular weight is 430 g/mol. The van der Waals surface area contributed by atoms with Crippen LogP contribution in [0.15, 0.2) is 41.3 Å². The number of benzene rings is 1. The average Bonchev–Trinajstić information content (AvgIpc) is 3.12. The molecule has 1 aliphatic rings. The summed E-state index contributed by atoms with van der Waals surface area (Å²) in [5, 5.41) is 7.98. The number of hydrogen-bond acceptors (Lipinski definition) is 4. The Kier molecular flexibility index (Phi) is 5.45. The summed E-state index contributed by atoms with van der Waals surface area (Å²) in [7, 11) is 0. The Labute approximate surface area is 175 Å². The lowest BCUT2D eigenvalue weighted by molar-refractivity contribution is -0.149. The number of nitrogens with one attached hydrogen (secondary N) is 2. The monoisotopic (exact) mass is 430 g/mol. The summed E-state index contributed by atoms with van der Waals surface area (Å²) in [5.74, 6) is 0.291. The largest absolute Gasteiger partial charge is 0.407 e. The lowest BCUT2D eigenvalue weighted by Crippen LogP contribution is -2.28. The molecule has 1 aliphatic carbocycles. The first-order valence-electron chi connectivity index (χ1n) is 9.95. The molecule has 0 radical (unpaired) electrons. The molecule has 2 aromatic heterocycles.